The van der Waals surface area contributed by atoms with Gasteiger partial charge in [0.05, 0.1) is 17.5 Å². The lowest BCUT2D eigenvalue weighted by Crippen LogP contribution is -2.11. The Morgan fingerprint density at radius 3 is 1.75 bits per heavy atom. The van der Waals surface area contributed by atoms with Gasteiger partial charge in [-0.1, -0.05) is 20.8 Å². The van der Waals surface area contributed by atoms with Crippen molar-refractivity contribution in [1.29, 1.82) is 0 Å². The average molecular weight is 351 g/mol. The van der Waals surface area contributed by atoms with Gasteiger partial charge in [0.25, 0.3) is 0 Å². The van der Waals surface area contributed by atoms with Crippen molar-refractivity contribution >= 4 is 0 Å². The number of rotatable bonds is 2. The zero-order valence-corrected chi connectivity index (χ0v) is 12.9. The zero-order chi connectivity index (χ0) is 18.3. The number of hydrogen-bond donors (Lipinski definition) is 0. The van der Waals surface area contributed by atoms with Gasteiger partial charge in [0.1, 0.15) is 0 Å². The quantitative estimate of drug-likeness (QED) is 0.683. The van der Waals surface area contributed by atoms with E-state index in [2.05, 4.69) is 10.2 Å². The number of nitrogens with zero attached hydrogens (tertiary/aromatic N) is 2. The van der Waals surface area contributed by atoms with Crippen molar-refractivity contribution in [2.45, 2.75) is 33.1 Å². The Morgan fingerprint density at radius 1 is 0.833 bits per heavy atom. The molecule has 2 aromatic rings. The molecule has 0 fully saturated rings. The summed E-state index contributed by atoms with van der Waals surface area (Å²) in [6, 6.07) is 1.13. The van der Waals surface area contributed by atoms with Crippen LogP contribution in [0.3, 0.4) is 0 Å². The maximum atomic E-state index is 12.8. The summed E-state index contributed by atoms with van der Waals surface area (Å²) >= 11 is 0. The predicted octanol–water partition coefficient (Wildman–Crippen LogP) is 5.37. The molecule has 0 atom stereocenters. The van der Waals surface area contributed by atoms with E-state index in [0.29, 0.717) is 12.1 Å². The number of alkyl halides is 6. The topological polar surface area (TPSA) is 38.9 Å². The van der Waals surface area contributed by atoms with E-state index in [1.807, 2.05) is 20.8 Å². The number of aromatic nitrogens is 2. The Labute approximate surface area is 133 Å². The summed E-state index contributed by atoms with van der Waals surface area (Å²) < 4.78 is 82.2. The van der Waals surface area contributed by atoms with Crippen LogP contribution >= 0.6 is 0 Å². The summed E-state index contributed by atoms with van der Waals surface area (Å²) in [5, 5.41) is 7.16. The molecule has 1 radical (unpaired) electrons. The largest absolute Gasteiger partial charge is 0.420 e. The minimum Gasteiger partial charge on any atom is -0.420 e. The van der Waals surface area contributed by atoms with Gasteiger partial charge in [-0.05, 0) is 23.6 Å². The molecular formula is C15H13F6N2O. The van der Waals surface area contributed by atoms with Crippen LogP contribution in [0.15, 0.2) is 22.6 Å². The van der Waals surface area contributed by atoms with Gasteiger partial charge in [-0.25, -0.2) is 0 Å². The summed E-state index contributed by atoms with van der Waals surface area (Å²) in [4.78, 5) is 0. The SMILES string of the molecule is CC(C)(C)[CH]c1nnc(-c2cc(C(F)(F)F)cc(C(F)(F)F)c2)o1. The predicted molar refractivity (Wildman–Crippen MR) is 72.6 cm³/mol. The lowest BCUT2D eigenvalue weighted by atomic mass is 9.92. The minimum absolute atomic E-state index is 0.0171. The second kappa shape index (κ2) is 5.78. The normalized spacial score (nSPS) is 13.4. The van der Waals surface area contributed by atoms with E-state index in [1.165, 1.54) is 0 Å². The number of benzene rings is 1. The summed E-state index contributed by atoms with van der Waals surface area (Å²) in [5.41, 5.74) is -3.67. The van der Waals surface area contributed by atoms with Crippen LogP contribution < -0.4 is 0 Å². The molecule has 0 saturated carbocycles. The van der Waals surface area contributed by atoms with E-state index in [-0.39, 0.29) is 17.4 Å². The fraction of sp³-hybridized carbons (Fsp3) is 0.400. The number of halogens is 6. The van der Waals surface area contributed by atoms with Crippen molar-refractivity contribution < 1.29 is 30.8 Å². The zero-order valence-electron chi connectivity index (χ0n) is 12.9. The summed E-state index contributed by atoms with van der Waals surface area (Å²) in [7, 11) is 0. The first-order valence-electron chi connectivity index (χ1n) is 6.75. The third kappa shape index (κ3) is 4.48. The monoisotopic (exact) mass is 351 g/mol. The molecule has 131 valence electrons. The highest BCUT2D eigenvalue weighted by molar-refractivity contribution is 5.57. The van der Waals surface area contributed by atoms with Gasteiger partial charge in [0, 0.05) is 5.56 Å². The Morgan fingerprint density at radius 2 is 1.33 bits per heavy atom. The van der Waals surface area contributed by atoms with Gasteiger partial charge in [-0.15, -0.1) is 10.2 Å². The van der Waals surface area contributed by atoms with Gasteiger partial charge in [-0.3, -0.25) is 0 Å². The van der Waals surface area contributed by atoms with E-state index in [4.69, 9.17) is 4.42 Å². The summed E-state index contributed by atoms with van der Waals surface area (Å²) in [6.07, 6.45) is -8.31. The van der Waals surface area contributed by atoms with E-state index in [9.17, 15) is 26.3 Å². The van der Waals surface area contributed by atoms with Crippen LogP contribution in [0.1, 0.15) is 37.8 Å². The summed E-state index contributed by atoms with van der Waals surface area (Å²) in [5.74, 6) is -0.398. The van der Waals surface area contributed by atoms with Crippen molar-refractivity contribution in [2.24, 2.45) is 5.41 Å². The van der Waals surface area contributed by atoms with Crippen molar-refractivity contribution in [1.82, 2.24) is 10.2 Å². The molecule has 9 heteroatoms. The lowest BCUT2D eigenvalue weighted by Gasteiger charge is -2.14. The molecule has 0 spiro atoms. The standard InChI is InChI=1S/C15H13F6N2O/c1-13(2,3)7-11-22-23-12(24-11)8-4-9(14(16,17)18)6-10(5-8)15(19,20)21/h4-7H,1-3H3. The Kier molecular flexibility index (Phi) is 4.41. The molecule has 0 bridgehead atoms. The highest BCUT2D eigenvalue weighted by atomic mass is 19.4. The molecule has 0 aliphatic carbocycles. The van der Waals surface area contributed by atoms with Gasteiger partial charge in [0.15, 0.2) is 0 Å². The first-order chi connectivity index (χ1) is 10.8. The third-order valence-electron chi connectivity index (χ3n) is 2.83. The Hall–Kier alpha value is -2.06. The molecule has 0 saturated heterocycles. The Balaban J connectivity index is 2.50. The number of hydrogen-bond acceptors (Lipinski definition) is 3. The van der Waals surface area contributed by atoms with Crippen LogP contribution in [0, 0.1) is 11.8 Å². The van der Waals surface area contributed by atoms with E-state index in [0.717, 1.165) is 0 Å². The van der Waals surface area contributed by atoms with E-state index in [1.54, 1.807) is 6.42 Å². The van der Waals surface area contributed by atoms with Crippen LogP contribution in [0.4, 0.5) is 26.3 Å². The van der Waals surface area contributed by atoms with Crippen LogP contribution in [-0.2, 0) is 12.4 Å². The molecule has 24 heavy (non-hydrogen) atoms. The van der Waals surface area contributed by atoms with Crippen LogP contribution in [0.25, 0.3) is 11.5 Å². The molecule has 0 N–H and O–H groups in total. The van der Waals surface area contributed by atoms with E-state index >= 15 is 0 Å². The van der Waals surface area contributed by atoms with Crippen molar-refractivity contribution in [3.63, 3.8) is 0 Å². The fourth-order valence-electron chi connectivity index (χ4n) is 1.86. The van der Waals surface area contributed by atoms with Crippen molar-refractivity contribution in [3.05, 3.63) is 41.6 Å². The van der Waals surface area contributed by atoms with Gasteiger partial charge in [-0.2, -0.15) is 26.3 Å². The first-order valence-corrected chi connectivity index (χ1v) is 6.75. The molecule has 0 unspecified atom stereocenters. The molecule has 2 rings (SSSR count). The Bertz CT molecular complexity index is 693. The second-order valence-corrected chi connectivity index (χ2v) is 6.25. The maximum absolute atomic E-state index is 12.8. The van der Waals surface area contributed by atoms with Gasteiger partial charge in [0.2, 0.25) is 11.8 Å². The van der Waals surface area contributed by atoms with Gasteiger partial charge >= 0.3 is 12.4 Å². The van der Waals surface area contributed by atoms with Crippen molar-refractivity contribution in [3.8, 4) is 11.5 Å². The smallest absolute Gasteiger partial charge is 0.416 e. The van der Waals surface area contributed by atoms with Crippen LogP contribution in [0.2, 0.25) is 0 Å². The van der Waals surface area contributed by atoms with Crippen LogP contribution in [0.5, 0.6) is 0 Å². The van der Waals surface area contributed by atoms with Gasteiger partial charge < -0.3 is 4.42 Å². The summed E-state index contributed by atoms with van der Waals surface area (Å²) in [6.45, 7) is 5.47. The molecular weight excluding hydrogens is 338 g/mol. The molecule has 0 aliphatic rings. The average Bonchev–Trinajstić information content (AvgIpc) is 2.82. The molecule has 1 heterocycles. The lowest BCUT2D eigenvalue weighted by molar-refractivity contribution is -0.143. The first kappa shape index (κ1) is 18.3. The second-order valence-electron chi connectivity index (χ2n) is 6.25. The molecule has 0 aliphatic heterocycles. The molecule has 0 amide bonds. The maximum Gasteiger partial charge on any atom is 0.416 e. The minimum atomic E-state index is -4.93. The highest BCUT2D eigenvalue weighted by Crippen LogP contribution is 2.38. The third-order valence-corrected chi connectivity index (χ3v) is 2.83. The van der Waals surface area contributed by atoms with E-state index < -0.39 is 34.9 Å². The highest BCUT2D eigenvalue weighted by Gasteiger charge is 2.37. The van der Waals surface area contributed by atoms with Crippen LogP contribution in [-0.4, -0.2) is 10.2 Å². The molecule has 1 aromatic carbocycles. The van der Waals surface area contributed by atoms with Crippen molar-refractivity contribution in [2.75, 3.05) is 0 Å². The molecule has 3 nitrogen and oxygen atoms in total. The molecule has 1 aromatic heterocycles. The fourth-order valence-corrected chi connectivity index (χ4v) is 1.86.